The molecule has 41 heavy (non-hydrogen) atoms. The summed E-state index contributed by atoms with van der Waals surface area (Å²) in [7, 11) is 3.42. The molecule has 14 heteroatoms. The summed E-state index contributed by atoms with van der Waals surface area (Å²) in [4.78, 5) is 46.1. The van der Waals surface area contributed by atoms with Crippen LogP contribution in [0, 0.1) is 5.82 Å². The van der Waals surface area contributed by atoms with Gasteiger partial charge in [0.05, 0.1) is 17.8 Å². The zero-order valence-corrected chi connectivity index (χ0v) is 23.5. The molecule has 0 spiro atoms. The zero-order valence-electron chi connectivity index (χ0n) is 23.5. The number of carboxylic acid groups (broad SMARTS) is 2. The molecule has 2 amide bonds. The van der Waals surface area contributed by atoms with Crippen LogP contribution in [0.1, 0.15) is 39.3 Å². The van der Waals surface area contributed by atoms with Crippen LogP contribution in [-0.4, -0.2) is 95.8 Å². The number of fused-ring (bicyclic) bond motifs is 1. The summed E-state index contributed by atoms with van der Waals surface area (Å²) in [5.74, 6) is -1.78. The number of halogens is 1. The lowest BCUT2D eigenvalue weighted by Gasteiger charge is -2.24. The Morgan fingerprint density at radius 2 is 1.95 bits per heavy atom. The van der Waals surface area contributed by atoms with Gasteiger partial charge in [0.25, 0.3) is 0 Å². The lowest BCUT2D eigenvalue weighted by molar-refractivity contribution is -0.141. The molecule has 1 aliphatic heterocycles. The maximum atomic E-state index is 14.7. The number of carboxylic acids is 1. The number of aromatic nitrogens is 4. The lowest BCUT2D eigenvalue weighted by Crippen LogP contribution is -2.39. The van der Waals surface area contributed by atoms with Gasteiger partial charge in [-0.2, -0.15) is 10.1 Å². The number of nitrogens with zero attached hydrogens (tertiary/aromatic N) is 6. The number of likely N-dealkylation sites (tertiary alicyclic amines) is 1. The van der Waals surface area contributed by atoms with Crippen molar-refractivity contribution in [2.45, 2.75) is 57.8 Å². The van der Waals surface area contributed by atoms with Crippen molar-refractivity contribution in [1.29, 1.82) is 0 Å². The Labute approximate surface area is 235 Å². The lowest BCUT2D eigenvalue weighted by atomic mass is 10.0. The summed E-state index contributed by atoms with van der Waals surface area (Å²) >= 11 is 0. The molecule has 3 aromatic rings. The van der Waals surface area contributed by atoms with Crippen LogP contribution in [0.5, 0.6) is 6.01 Å². The molecule has 220 valence electrons. The van der Waals surface area contributed by atoms with Crippen LogP contribution in [0.15, 0.2) is 24.4 Å². The normalized spacial score (nSPS) is 17.1. The second-order valence-electron chi connectivity index (χ2n) is 10.9. The average molecular weight is 573 g/mol. The highest BCUT2D eigenvalue weighted by atomic mass is 19.1. The van der Waals surface area contributed by atoms with Gasteiger partial charge in [0.1, 0.15) is 23.6 Å². The van der Waals surface area contributed by atoms with E-state index in [1.165, 1.54) is 23.2 Å². The van der Waals surface area contributed by atoms with E-state index in [0.717, 1.165) is 10.6 Å². The predicted molar refractivity (Wildman–Crippen MR) is 144 cm³/mol. The summed E-state index contributed by atoms with van der Waals surface area (Å²) < 4.78 is 27.5. The molecule has 1 aliphatic rings. The van der Waals surface area contributed by atoms with Gasteiger partial charge in [-0.25, -0.2) is 23.8 Å². The standard InChI is InChI=1S/C27H33FN6O7/c1-27(2,3)41-26(39)32(4)10-6-7-20-22-17(11-15(28)12-19(22)31-33(20)5)18-8-9-29-24(30-18)40-16-13-21(23(35)36)34(14-16)25(37)38/h8-9,11-12,16,21H,6-7,10,13-14H2,1-5H3,(H,35,36)(H,37,38)/t16-,21-/m0/s1. The van der Waals surface area contributed by atoms with Gasteiger partial charge < -0.3 is 24.6 Å². The third-order valence-electron chi connectivity index (χ3n) is 6.61. The molecular weight excluding hydrogens is 539 g/mol. The highest BCUT2D eigenvalue weighted by Crippen LogP contribution is 2.33. The SMILES string of the molecule is CN(CCCc1c2c(-c3ccnc(O[C@H]4C[C@@H](C(=O)O)N(C(=O)O)C4)n3)cc(F)cc2nn1C)C(=O)OC(C)(C)C. The summed E-state index contributed by atoms with van der Waals surface area (Å²) in [6.45, 7) is 5.67. The average Bonchev–Trinajstić information content (AvgIpc) is 3.43. The van der Waals surface area contributed by atoms with Crippen molar-refractivity contribution in [3.63, 3.8) is 0 Å². The first-order chi connectivity index (χ1) is 19.2. The number of carbonyl (C=O) groups is 3. The van der Waals surface area contributed by atoms with Gasteiger partial charge in [0, 0.05) is 56.0 Å². The molecule has 2 atom stereocenters. The van der Waals surface area contributed by atoms with E-state index in [1.807, 2.05) is 0 Å². The Morgan fingerprint density at radius 3 is 2.59 bits per heavy atom. The van der Waals surface area contributed by atoms with Crippen LogP contribution < -0.4 is 4.74 Å². The van der Waals surface area contributed by atoms with Gasteiger partial charge in [-0.1, -0.05) is 0 Å². The molecular formula is C27H33FN6O7. The van der Waals surface area contributed by atoms with Crippen LogP contribution in [0.4, 0.5) is 14.0 Å². The molecule has 1 saturated heterocycles. The van der Waals surface area contributed by atoms with Crippen molar-refractivity contribution in [1.82, 2.24) is 29.5 Å². The highest BCUT2D eigenvalue weighted by molar-refractivity contribution is 5.96. The topological polar surface area (TPSA) is 160 Å². The quantitative estimate of drug-likeness (QED) is 0.408. The first-order valence-corrected chi connectivity index (χ1v) is 13.0. The summed E-state index contributed by atoms with van der Waals surface area (Å²) in [5, 5.41) is 23.9. The van der Waals surface area contributed by atoms with Gasteiger partial charge in [-0.05, 0) is 45.7 Å². The number of ether oxygens (including phenoxy) is 2. The highest BCUT2D eigenvalue weighted by Gasteiger charge is 2.41. The van der Waals surface area contributed by atoms with Gasteiger partial charge in [0.2, 0.25) is 0 Å². The minimum Gasteiger partial charge on any atom is -0.480 e. The third kappa shape index (κ3) is 6.81. The number of aliphatic carboxylic acids is 1. The number of benzene rings is 1. The molecule has 2 N–H and O–H groups in total. The largest absolute Gasteiger partial charge is 0.480 e. The number of amides is 2. The molecule has 0 unspecified atom stereocenters. The van der Waals surface area contributed by atoms with Crippen LogP contribution in [0.25, 0.3) is 22.2 Å². The van der Waals surface area contributed by atoms with Crippen molar-refractivity contribution in [3.05, 3.63) is 35.9 Å². The first kappa shape index (κ1) is 29.5. The minimum absolute atomic E-state index is 0.0655. The van der Waals surface area contributed by atoms with E-state index in [1.54, 1.807) is 45.6 Å². The number of hydrogen-bond donors (Lipinski definition) is 2. The number of rotatable bonds is 8. The van der Waals surface area contributed by atoms with Gasteiger partial charge in [-0.15, -0.1) is 0 Å². The Balaban J connectivity index is 1.57. The maximum absolute atomic E-state index is 14.7. The molecule has 1 fully saturated rings. The molecule has 2 aromatic heterocycles. The second kappa shape index (κ2) is 11.6. The molecule has 4 rings (SSSR count). The zero-order chi connectivity index (χ0) is 30.1. The van der Waals surface area contributed by atoms with E-state index in [2.05, 4.69) is 15.1 Å². The molecule has 0 saturated carbocycles. The van der Waals surface area contributed by atoms with E-state index in [0.29, 0.717) is 41.5 Å². The van der Waals surface area contributed by atoms with Gasteiger partial charge in [-0.3, -0.25) is 9.58 Å². The molecule has 3 heterocycles. The molecule has 1 aromatic carbocycles. The minimum atomic E-state index is -1.36. The van der Waals surface area contributed by atoms with Gasteiger partial charge >= 0.3 is 24.2 Å². The van der Waals surface area contributed by atoms with E-state index < -0.39 is 41.7 Å². The van der Waals surface area contributed by atoms with Crippen LogP contribution >= 0.6 is 0 Å². The Morgan fingerprint density at radius 1 is 1.22 bits per heavy atom. The van der Waals surface area contributed by atoms with E-state index in [-0.39, 0.29) is 19.0 Å². The fourth-order valence-corrected chi connectivity index (χ4v) is 4.79. The number of aryl methyl sites for hydroxylation is 2. The summed E-state index contributed by atoms with van der Waals surface area (Å²) in [6.07, 6.45) is -0.0782. The molecule has 13 nitrogen and oxygen atoms in total. The van der Waals surface area contributed by atoms with E-state index in [9.17, 15) is 29.0 Å². The number of hydrogen-bond acceptors (Lipinski definition) is 8. The maximum Gasteiger partial charge on any atom is 0.410 e. The third-order valence-corrected chi connectivity index (χ3v) is 6.61. The van der Waals surface area contributed by atoms with Crippen LogP contribution in [0.2, 0.25) is 0 Å². The molecule has 0 radical (unpaired) electrons. The number of carbonyl (C=O) groups excluding carboxylic acids is 1. The fourth-order valence-electron chi connectivity index (χ4n) is 4.79. The Hall–Kier alpha value is -4.49. The van der Waals surface area contributed by atoms with Crippen molar-refractivity contribution >= 4 is 29.1 Å². The van der Waals surface area contributed by atoms with E-state index >= 15 is 0 Å². The predicted octanol–water partition coefficient (Wildman–Crippen LogP) is 3.55. The Bertz CT molecular complexity index is 1450. The fraction of sp³-hybridized carbons (Fsp3) is 0.481. The van der Waals surface area contributed by atoms with Crippen LogP contribution in [0.3, 0.4) is 0 Å². The second-order valence-corrected chi connectivity index (χ2v) is 10.9. The van der Waals surface area contributed by atoms with E-state index in [4.69, 9.17) is 9.47 Å². The van der Waals surface area contributed by atoms with Crippen molar-refractivity contribution in [3.8, 4) is 17.3 Å². The van der Waals surface area contributed by atoms with Gasteiger partial charge in [0.15, 0.2) is 0 Å². The monoisotopic (exact) mass is 572 g/mol. The smallest absolute Gasteiger partial charge is 0.410 e. The molecule has 0 bridgehead atoms. The van der Waals surface area contributed by atoms with Crippen molar-refractivity contribution < 1.29 is 38.5 Å². The Kier molecular flexibility index (Phi) is 8.31. The van der Waals surface area contributed by atoms with Crippen molar-refractivity contribution in [2.24, 2.45) is 7.05 Å². The van der Waals surface area contributed by atoms with Crippen LogP contribution in [-0.2, 0) is 23.0 Å². The first-order valence-electron chi connectivity index (χ1n) is 13.0. The summed E-state index contributed by atoms with van der Waals surface area (Å²) in [6, 6.07) is 2.93. The van der Waals surface area contributed by atoms with Crippen molar-refractivity contribution in [2.75, 3.05) is 20.1 Å². The molecule has 0 aliphatic carbocycles. The summed E-state index contributed by atoms with van der Waals surface area (Å²) in [5.41, 5.74) is 1.44.